The van der Waals surface area contributed by atoms with Gasteiger partial charge in [-0.15, -0.1) is 0 Å². The molecule has 1 aliphatic heterocycles. The van der Waals surface area contributed by atoms with E-state index in [9.17, 15) is 24.9 Å². The summed E-state index contributed by atoms with van der Waals surface area (Å²) in [5.41, 5.74) is -0.645. The van der Waals surface area contributed by atoms with Crippen molar-refractivity contribution in [1.29, 1.82) is 0 Å². The Balaban J connectivity index is 1.77. The van der Waals surface area contributed by atoms with Gasteiger partial charge in [0.05, 0.1) is 5.92 Å². The second kappa shape index (κ2) is 4.58. The summed E-state index contributed by atoms with van der Waals surface area (Å²) in [6.45, 7) is 1.98. The van der Waals surface area contributed by atoms with Crippen LogP contribution in [0.25, 0.3) is 0 Å². The maximum atomic E-state index is 13.2. The third-order valence-corrected chi connectivity index (χ3v) is 6.11. The van der Waals surface area contributed by atoms with Crippen LogP contribution in [-0.4, -0.2) is 44.7 Å². The lowest BCUT2D eigenvalue weighted by atomic mass is 9.58. The molecule has 0 spiro atoms. The van der Waals surface area contributed by atoms with Crippen LogP contribution in [0.1, 0.15) is 41.8 Å². The molecule has 0 radical (unpaired) electrons. The highest BCUT2D eigenvalue weighted by Gasteiger charge is 2.71. The lowest BCUT2D eigenvalue weighted by Gasteiger charge is -2.46. The zero-order valence-corrected chi connectivity index (χ0v) is 13.6. The number of carbonyl (C=O) groups is 2. The number of aromatic hydroxyl groups is 1. The summed E-state index contributed by atoms with van der Waals surface area (Å²) in [6, 6.07) is 4.39. The van der Waals surface area contributed by atoms with Gasteiger partial charge in [0.25, 0.3) is 0 Å². The van der Waals surface area contributed by atoms with E-state index >= 15 is 0 Å². The smallest absolute Gasteiger partial charge is 0.174 e. The number of ether oxygens (including phenoxy) is 1. The van der Waals surface area contributed by atoms with Gasteiger partial charge in [-0.05, 0) is 24.0 Å². The third-order valence-electron chi connectivity index (χ3n) is 6.11. The molecule has 4 aliphatic rings. The number of carbonyl (C=O) groups excluding carboxylic acids is 2. The highest BCUT2D eigenvalue weighted by atomic mass is 16.6. The predicted molar refractivity (Wildman–Crippen MR) is 84.9 cm³/mol. The van der Waals surface area contributed by atoms with E-state index in [1.807, 2.05) is 6.92 Å². The van der Waals surface area contributed by atoms with Gasteiger partial charge in [-0.2, -0.15) is 0 Å². The Morgan fingerprint density at radius 3 is 2.76 bits per heavy atom. The molecule has 1 heterocycles. The summed E-state index contributed by atoms with van der Waals surface area (Å²) < 4.78 is 5.64. The summed E-state index contributed by atoms with van der Waals surface area (Å²) in [4.78, 5) is 25.9. The molecule has 0 bridgehead atoms. The Labute approximate surface area is 143 Å². The Morgan fingerprint density at radius 2 is 2.00 bits per heavy atom. The van der Waals surface area contributed by atoms with Crippen LogP contribution in [-0.2, 0) is 9.53 Å². The van der Waals surface area contributed by atoms with Crippen molar-refractivity contribution < 1.29 is 29.6 Å². The number of phenols is 1. The quantitative estimate of drug-likeness (QED) is 0.608. The first-order valence-corrected chi connectivity index (χ1v) is 8.53. The van der Waals surface area contributed by atoms with Gasteiger partial charge in [0.2, 0.25) is 0 Å². The number of aliphatic hydroxyl groups is 2. The molecular formula is C19H18O6. The number of ketones is 2. The number of phenolic OH excluding ortho intramolecular Hbond substituents is 1. The van der Waals surface area contributed by atoms with E-state index in [1.165, 1.54) is 18.2 Å². The Bertz CT molecular complexity index is 871. The van der Waals surface area contributed by atoms with Gasteiger partial charge in [0, 0.05) is 23.1 Å². The topological polar surface area (TPSA) is 107 Å². The molecule has 25 heavy (non-hydrogen) atoms. The molecule has 3 N–H and O–H groups in total. The number of benzene rings is 1. The number of epoxide rings is 1. The first kappa shape index (κ1) is 15.3. The minimum absolute atomic E-state index is 0.0150. The van der Waals surface area contributed by atoms with Crippen molar-refractivity contribution in [3.8, 4) is 5.75 Å². The summed E-state index contributed by atoms with van der Waals surface area (Å²) >= 11 is 0. The van der Waals surface area contributed by atoms with Crippen LogP contribution in [0.5, 0.6) is 5.75 Å². The zero-order valence-electron chi connectivity index (χ0n) is 13.6. The van der Waals surface area contributed by atoms with Crippen molar-refractivity contribution in [3.05, 3.63) is 40.5 Å². The average molecular weight is 342 g/mol. The van der Waals surface area contributed by atoms with Gasteiger partial charge < -0.3 is 20.1 Å². The van der Waals surface area contributed by atoms with E-state index in [4.69, 9.17) is 4.74 Å². The Kier molecular flexibility index (Phi) is 2.79. The molecule has 1 saturated heterocycles. The average Bonchev–Trinajstić information content (AvgIpc) is 3.35. The molecule has 1 aromatic carbocycles. The van der Waals surface area contributed by atoms with E-state index < -0.39 is 35.6 Å². The summed E-state index contributed by atoms with van der Waals surface area (Å²) in [5.74, 6) is -1.82. The molecule has 0 amide bonds. The van der Waals surface area contributed by atoms with Crippen LogP contribution >= 0.6 is 0 Å². The van der Waals surface area contributed by atoms with Gasteiger partial charge in [-0.3, -0.25) is 9.59 Å². The van der Waals surface area contributed by atoms with Crippen LogP contribution in [0.15, 0.2) is 29.3 Å². The normalized spacial score (nSPS) is 41.6. The van der Waals surface area contributed by atoms with Crippen molar-refractivity contribution in [1.82, 2.24) is 0 Å². The van der Waals surface area contributed by atoms with Crippen LogP contribution in [0.4, 0.5) is 0 Å². The third kappa shape index (κ3) is 1.69. The Morgan fingerprint density at radius 1 is 1.24 bits per heavy atom. The van der Waals surface area contributed by atoms with Crippen molar-refractivity contribution in [2.24, 2.45) is 11.8 Å². The van der Waals surface area contributed by atoms with Crippen molar-refractivity contribution in [2.75, 3.05) is 0 Å². The number of hydrogen-bond donors (Lipinski definition) is 3. The van der Waals surface area contributed by atoms with Crippen LogP contribution in [0, 0.1) is 11.8 Å². The Hall–Kier alpha value is -2.02. The van der Waals surface area contributed by atoms with Crippen LogP contribution < -0.4 is 0 Å². The predicted octanol–water partition coefficient (Wildman–Crippen LogP) is 1.05. The number of fused-ring (bicyclic) bond motifs is 6. The fourth-order valence-electron chi connectivity index (χ4n) is 5.00. The van der Waals surface area contributed by atoms with E-state index in [0.717, 1.165) is 5.57 Å². The summed E-state index contributed by atoms with van der Waals surface area (Å²) in [6.07, 6.45) is -1.69. The summed E-state index contributed by atoms with van der Waals surface area (Å²) in [7, 11) is 0. The van der Waals surface area contributed by atoms with Crippen molar-refractivity contribution in [2.45, 2.75) is 43.7 Å². The molecule has 6 heteroatoms. The molecule has 1 aromatic rings. The molecule has 1 fully saturated rings. The van der Waals surface area contributed by atoms with E-state index in [1.54, 1.807) is 0 Å². The first-order valence-electron chi connectivity index (χ1n) is 8.53. The monoisotopic (exact) mass is 342 g/mol. The minimum Gasteiger partial charge on any atom is -0.508 e. The van der Waals surface area contributed by atoms with Crippen molar-refractivity contribution >= 4 is 11.6 Å². The molecule has 0 saturated carbocycles. The van der Waals surface area contributed by atoms with E-state index in [2.05, 4.69) is 0 Å². The largest absolute Gasteiger partial charge is 0.508 e. The maximum Gasteiger partial charge on any atom is 0.174 e. The summed E-state index contributed by atoms with van der Waals surface area (Å²) in [5, 5.41) is 32.3. The van der Waals surface area contributed by atoms with Gasteiger partial charge in [0.1, 0.15) is 29.7 Å². The van der Waals surface area contributed by atoms with Crippen LogP contribution in [0.2, 0.25) is 0 Å². The lowest BCUT2D eigenvalue weighted by molar-refractivity contribution is -0.130. The number of aliphatic hydroxyl groups excluding tert-OH is 1. The highest BCUT2D eigenvalue weighted by Crippen LogP contribution is 2.60. The fraction of sp³-hybridized carbons (Fsp3) is 0.474. The first-order chi connectivity index (χ1) is 11.9. The second-order valence-corrected chi connectivity index (χ2v) is 7.68. The molecule has 5 rings (SSSR count). The molecule has 6 atom stereocenters. The molecule has 6 nitrogen and oxygen atoms in total. The van der Waals surface area contributed by atoms with Gasteiger partial charge in [0.15, 0.2) is 11.6 Å². The fourth-order valence-corrected chi connectivity index (χ4v) is 5.00. The molecule has 130 valence electrons. The highest BCUT2D eigenvalue weighted by molar-refractivity contribution is 6.11. The van der Waals surface area contributed by atoms with Crippen molar-refractivity contribution in [3.63, 3.8) is 0 Å². The van der Waals surface area contributed by atoms with Gasteiger partial charge in [-0.1, -0.05) is 19.1 Å². The maximum absolute atomic E-state index is 13.2. The number of rotatable bonds is 0. The molecular weight excluding hydrogens is 324 g/mol. The number of hydrogen-bond acceptors (Lipinski definition) is 6. The SMILES string of the molecule is C[C@@H]1CC(=O)C2=C(C1)[C@H]1O[C@@H]1[C@]1(O)[C@H]2C(=O)c2cccc(O)c2[C@@H]1O. The van der Waals surface area contributed by atoms with Gasteiger partial charge in [-0.25, -0.2) is 0 Å². The minimum atomic E-state index is -1.93. The molecule has 3 aliphatic carbocycles. The second-order valence-electron chi connectivity index (χ2n) is 7.68. The van der Waals surface area contributed by atoms with Gasteiger partial charge >= 0.3 is 0 Å². The molecule has 0 unspecified atom stereocenters. The standard InChI is InChI=1S/C19H18O6/c1-7-5-9-12(11(21)6-7)14-15(22)8-3-2-4-10(20)13(8)17(23)19(14,24)18-16(9)25-18/h2-4,7,14,16-18,20,23-24H,5-6H2,1H3/t7-,14+,16+,17-,18-,19-/m0/s1. The van der Waals surface area contributed by atoms with E-state index in [0.29, 0.717) is 18.4 Å². The van der Waals surface area contributed by atoms with Crippen LogP contribution in [0.3, 0.4) is 0 Å². The molecule has 0 aromatic heterocycles. The number of Topliss-reactive ketones (excluding diaryl/α,β-unsaturated/α-hetero) is 2. The van der Waals surface area contributed by atoms with E-state index in [-0.39, 0.29) is 28.6 Å². The lowest BCUT2D eigenvalue weighted by Crippen LogP contribution is -2.59. The zero-order chi connectivity index (χ0) is 17.7.